The molecule has 1 atom stereocenters. The van der Waals surface area contributed by atoms with E-state index in [0.717, 1.165) is 11.3 Å². The van der Waals surface area contributed by atoms with Crippen molar-refractivity contribution in [2.75, 3.05) is 25.6 Å². The fraction of sp³-hybridized carbons (Fsp3) is 0.231. The van der Waals surface area contributed by atoms with Crippen LogP contribution in [0.3, 0.4) is 0 Å². The van der Waals surface area contributed by atoms with Gasteiger partial charge in [0.15, 0.2) is 0 Å². The van der Waals surface area contributed by atoms with Crippen LogP contribution in [0.4, 0.5) is 5.69 Å². The third-order valence-electron chi connectivity index (χ3n) is 5.22. The van der Waals surface area contributed by atoms with Crippen molar-refractivity contribution in [3.63, 3.8) is 0 Å². The number of aromatic nitrogens is 1. The molecule has 9 heteroatoms. The van der Waals surface area contributed by atoms with E-state index in [9.17, 15) is 4.79 Å². The number of nitrogens with zero attached hydrogens (tertiary/aromatic N) is 2. The maximum absolute atomic E-state index is 13.7. The molecule has 2 aromatic carbocycles. The molecule has 0 spiro atoms. The van der Waals surface area contributed by atoms with Crippen LogP contribution in [0.2, 0.25) is 0 Å². The van der Waals surface area contributed by atoms with Crippen molar-refractivity contribution in [3.05, 3.63) is 83.2 Å². The van der Waals surface area contributed by atoms with E-state index in [4.69, 9.17) is 20.0 Å². The number of carbonyl (C=O) groups is 1. The summed E-state index contributed by atoms with van der Waals surface area (Å²) in [6.45, 7) is 3.78. The molecule has 3 rings (SSSR count). The number of rotatable bonds is 11. The fourth-order valence-electron chi connectivity index (χ4n) is 3.36. The van der Waals surface area contributed by atoms with Gasteiger partial charge in [-0.2, -0.15) is 0 Å². The first-order valence-corrected chi connectivity index (χ1v) is 11.3. The first-order valence-electron chi connectivity index (χ1n) is 10.9. The van der Waals surface area contributed by atoms with Crippen LogP contribution in [-0.2, 0) is 4.79 Å². The van der Waals surface area contributed by atoms with E-state index in [1.807, 2.05) is 26.0 Å². The van der Waals surface area contributed by atoms with Gasteiger partial charge in [-0.05, 0) is 32.7 Å². The number of aryl methyl sites for hydroxylation is 2. The third-order valence-corrected chi connectivity index (χ3v) is 5.42. The highest BCUT2D eigenvalue weighted by Gasteiger charge is 2.28. The molecule has 0 saturated heterocycles. The van der Waals surface area contributed by atoms with Crippen molar-refractivity contribution < 1.29 is 19.4 Å². The maximum atomic E-state index is 13.7. The molecule has 1 aromatic heterocycles. The van der Waals surface area contributed by atoms with Gasteiger partial charge in [-0.3, -0.25) is 15.2 Å². The van der Waals surface area contributed by atoms with Gasteiger partial charge in [-0.1, -0.05) is 35.9 Å². The molecular weight excluding hydrogens is 464 g/mol. The van der Waals surface area contributed by atoms with Crippen molar-refractivity contribution in [1.82, 2.24) is 4.98 Å². The second-order valence-corrected chi connectivity index (χ2v) is 8.03. The van der Waals surface area contributed by atoms with E-state index in [-0.39, 0.29) is 24.6 Å². The Morgan fingerprint density at radius 1 is 1.14 bits per heavy atom. The van der Waals surface area contributed by atoms with E-state index in [1.165, 1.54) is 7.11 Å². The summed E-state index contributed by atoms with van der Waals surface area (Å²) in [4.78, 5) is 18.0. The molecule has 0 fully saturated rings. The summed E-state index contributed by atoms with van der Waals surface area (Å²) < 4.78 is 14.8. The number of aliphatic hydroxyl groups is 1. The van der Waals surface area contributed by atoms with E-state index >= 15 is 0 Å². The Morgan fingerprint density at radius 3 is 2.46 bits per heavy atom. The van der Waals surface area contributed by atoms with Crippen LogP contribution in [-0.4, -0.2) is 47.6 Å². The summed E-state index contributed by atoms with van der Waals surface area (Å²) in [6, 6.07) is 15.1. The minimum absolute atomic E-state index is 0.111. The van der Waals surface area contributed by atoms with Crippen LogP contribution in [0.5, 0.6) is 11.5 Å². The molecule has 0 radical (unpaired) electrons. The summed E-state index contributed by atoms with van der Waals surface area (Å²) in [5.41, 5.74) is 3.45. The van der Waals surface area contributed by atoms with Crippen molar-refractivity contribution in [1.29, 1.82) is 5.41 Å². The third kappa shape index (κ3) is 6.68. The topological polar surface area (TPSA) is 117 Å². The number of ketones is 1. The predicted molar refractivity (Wildman–Crippen MR) is 140 cm³/mol. The van der Waals surface area contributed by atoms with Gasteiger partial charge in [-0.15, -0.1) is 0 Å². The highest BCUT2D eigenvalue weighted by atomic mass is 32.1. The van der Waals surface area contributed by atoms with Crippen LogP contribution in [0, 0.1) is 19.3 Å². The molecule has 0 aliphatic rings. The highest BCUT2D eigenvalue weighted by molar-refractivity contribution is 7.79. The van der Waals surface area contributed by atoms with E-state index in [0.29, 0.717) is 28.3 Å². The molecule has 8 nitrogen and oxygen atoms in total. The molecule has 0 aliphatic carbocycles. The van der Waals surface area contributed by atoms with Crippen molar-refractivity contribution in [2.24, 2.45) is 4.40 Å². The van der Waals surface area contributed by atoms with Crippen molar-refractivity contribution in [3.8, 4) is 11.5 Å². The fourth-order valence-corrected chi connectivity index (χ4v) is 3.58. The molecule has 0 aliphatic heterocycles. The SMILES string of the molecule is COc1cc(NC(C(=O)C(=N)/C(=N\S)c2ccc(C)cc2)c2ccc(C)nc2)cc(OCCO)c1. The first-order chi connectivity index (χ1) is 16.9. The van der Waals surface area contributed by atoms with E-state index < -0.39 is 11.8 Å². The van der Waals surface area contributed by atoms with Gasteiger partial charge in [-0.25, -0.2) is 4.40 Å². The van der Waals surface area contributed by atoms with Crippen molar-refractivity contribution in [2.45, 2.75) is 19.9 Å². The lowest BCUT2D eigenvalue weighted by Gasteiger charge is -2.21. The zero-order valence-electron chi connectivity index (χ0n) is 19.8. The van der Waals surface area contributed by atoms with Crippen molar-refractivity contribution >= 4 is 35.7 Å². The number of hydrogen-bond acceptors (Lipinski definition) is 9. The zero-order valence-corrected chi connectivity index (χ0v) is 20.7. The summed E-state index contributed by atoms with van der Waals surface area (Å²) in [7, 11) is 1.52. The highest BCUT2D eigenvalue weighted by Crippen LogP contribution is 2.29. The molecule has 0 bridgehead atoms. The Labute approximate surface area is 210 Å². The van der Waals surface area contributed by atoms with E-state index in [2.05, 4.69) is 27.5 Å². The Morgan fingerprint density at radius 2 is 1.86 bits per heavy atom. The Hall–Kier alpha value is -3.69. The predicted octanol–water partition coefficient (Wildman–Crippen LogP) is 4.15. The average Bonchev–Trinajstić information content (AvgIpc) is 2.87. The number of methoxy groups -OCH3 is 1. The summed E-state index contributed by atoms with van der Waals surface area (Å²) in [5, 5.41) is 21.0. The van der Waals surface area contributed by atoms with Gasteiger partial charge in [0.2, 0.25) is 5.78 Å². The minimum Gasteiger partial charge on any atom is -0.497 e. The average molecular weight is 493 g/mol. The molecule has 1 heterocycles. The van der Waals surface area contributed by atoms with Crippen LogP contribution in [0.1, 0.15) is 28.4 Å². The Balaban J connectivity index is 1.99. The number of thiol groups is 1. The monoisotopic (exact) mass is 492 g/mol. The van der Waals surface area contributed by atoms with Gasteiger partial charge in [0.25, 0.3) is 0 Å². The van der Waals surface area contributed by atoms with Crippen LogP contribution < -0.4 is 14.8 Å². The van der Waals surface area contributed by atoms with Gasteiger partial charge >= 0.3 is 0 Å². The molecule has 3 aromatic rings. The largest absolute Gasteiger partial charge is 0.497 e. The lowest BCUT2D eigenvalue weighted by Crippen LogP contribution is -2.33. The number of benzene rings is 2. The zero-order chi connectivity index (χ0) is 25.4. The standard InChI is InChI=1S/C26H28N4O4S/c1-16-4-7-18(8-5-16)24(30-35)23(27)26(32)25(19-9-6-17(2)28-15-19)29-20-12-21(33-3)14-22(13-20)34-11-10-31/h4-9,12-15,25,27,29,31,35H,10-11H2,1-3H3/b27-23?,30-24-. The van der Waals surface area contributed by atoms with Gasteiger partial charge < -0.3 is 19.9 Å². The number of hydrogen-bond donors (Lipinski definition) is 4. The van der Waals surface area contributed by atoms with Gasteiger partial charge in [0, 0.05) is 46.9 Å². The molecule has 0 saturated carbocycles. The summed E-state index contributed by atoms with van der Waals surface area (Å²) in [5.74, 6) is 0.453. The summed E-state index contributed by atoms with van der Waals surface area (Å²) in [6.07, 6.45) is 1.60. The lowest BCUT2D eigenvalue weighted by atomic mass is 9.95. The first kappa shape index (κ1) is 25.9. The normalized spacial score (nSPS) is 12.1. The Kier molecular flexibility index (Phi) is 8.99. The minimum atomic E-state index is -0.941. The number of Topliss-reactive ketones (excluding diaryl/α,β-unsaturated/α-hetero) is 1. The quantitative estimate of drug-likeness (QED) is 0.236. The smallest absolute Gasteiger partial charge is 0.209 e. The molecule has 35 heavy (non-hydrogen) atoms. The summed E-state index contributed by atoms with van der Waals surface area (Å²) >= 11 is 4.04. The lowest BCUT2D eigenvalue weighted by molar-refractivity contribution is -0.113. The molecule has 3 N–H and O–H groups in total. The Bertz CT molecular complexity index is 1210. The molecular formula is C26H28N4O4S. The number of carbonyl (C=O) groups excluding carboxylic acids is 1. The maximum Gasteiger partial charge on any atom is 0.209 e. The molecule has 0 amide bonds. The van der Waals surface area contributed by atoms with E-state index in [1.54, 1.807) is 48.7 Å². The van der Waals surface area contributed by atoms with Crippen LogP contribution >= 0.6 is 12.8 Å². The van der Waals surface area contributed by atoms with Crippen LogP contribution in [0.15, 0.2) is 65.2 Å². The second-order valence-electron chi connectivity index (χ2n) is 7.83. The number of pyridine rings is 1. The van der Waals surface area contributed by atoms with Gasteiger partial charge in [0.05, 0.1) is 13.7 Å². The number of ether oxygens (including phenoxy) is 2. The van der Waals surface area contributed by atoms with Crippen LogP contribution in [0.25, 0.3) is 0 Å². The number of nitrogens with one attached hydrogen (secondary N) is 2. The molecule has 1 unspecified atom stereocenters. The second kappa shape index (κ2) is 12.1. The van der Waals surface area contributed by atoms with Gasteiger partial charge in [0.1, 0.15) is 35.6 Å². The number of anilines is 1. The molecule has 182 valence electrons. The number of aliphatic hydroxyl groups excluding tert-OH is 1.